The molecular formula is C38H55N5O8S. The molecule has 2 fully saturated rings. The SMILES string of the molecule is COC(=O)[C@@H](C)C[C@H](Cc1ccccc1)NC(=O)c1csc([C@@H](C[C@H](C(C)C)N(C)C(=O)[C@@H](NC(=O)[C@H]2CCCCN2C)C2COC2)OC(C)=O)n1. The van der Waals surface area contributed by atoms with E-state index in [1.807, 2.05) is 56.1 Å². The molecule has 3 heterocycles. The van der Waals surface area contributed by atoms with Crippen LogP contribution < -0.4 is 10.6 Å². The van der Waals surface area contributed by atoms with E-state index in [0.29, 0.717) is 31.1 Å². The van der Waals surface area contributed by atoms with Crippen LogP contribution in [0, 0.1) is 17.8 Å². The minimum Gasteiger partial charge on any atom is -0.469 e. The maximum Gasteiger partial charge on any atom is 0.308 e. The summed E-state index contributed by atoms with van der Waals surface area (Å²) in [5.74, 6) is -2.32. The number of methoxy groups -OCH3 is 1. The molecule has 2 saturated heterocycles. The van der Waals surface area contributed by atoms with Gasteiger partial charge in [0, 0.05) is 43.8 Å². The zero-order valence-corrected chi connectivity index (χ0v) is 32.3. The van der Waals surface area contributed by atoms with Crippen molar-refractivity contribution in [3.05, 3.63) is 52.0 Å². The summed E-state index contributed by atoms with van der Waals surface area (Å²) in [6.07, 6.45) is 3.01. The van der Waals surface area contributed by atoms with Crippen molar-refractivity contribution in [2.75, 3.05) is 41.0 Å². The summed E-state index contributed by atoms with van der Waals surface area (Å²) in [6.45, 7) is 8.64. The van der Waals surface area contributed by atoms with Gasteiger partial charge in [-0.2, -0.15) is 0 Å². The number of esters is 2. The first kappa shape index (κ1) is 40.9. The number of rotatable bonds is 17. The monoisotopic (exact) mass is 741 g/mol. The Balaban J connectivity index is 1.50. The van der Waals surface area contributed by atoms with Crippen molar-refractivity contribution in [2.45, 2.75) is 96.5 Å². The Morgan fingerprint density at radius 1 is 1.06 bits per heavy atom. The molecule has 0 bridgehead atoms. The van der Waals surface area contributed by atoms with Crippen molar-refractivity contribution >= 4 is 41.0 Å². The number of likely N-dealkylation sites (tertiary alicyclic amines) is 1. The molecule has 2 aliphatic rings. The lowest BCUT2D eigenvalue weighted by Gasteiger charge is -2.40. The van der Waals surface area contributed by atoms with E-state index in [1.54, 1.807) is 24.3 Å². The smallest absolute Gasteiger partial charge is 0.308 e. The number of nitrogens with zero attached hydrogens (tertiary/aromatic N) is 3. The van der Waals surface area contributed by atoms with Gasteiger partial charge in [-0.1, -0.05) is 57.5 Å². The van der Waals surface area contributed by atoms with Crippen molar-refractivity contribution in [3.63, 3.8) is 0 Å². The van der Waals surface area contributed by atoms with Gasteiger partial charge < -0.3 is 29.7 Å². The molecule has 13 nitrogen and oxygen atoms in total. The van der Waals surface area contributed by atoms with E-state index in [2.05, 4.69) is 15.6 Å². The number of carbonyl (C=O) groups excluding carboxylic acids is 5. The molecule has 0 spiro atoms. The molecule has 14 heteroatoms. The molecule has 2 aliphatic heterocycles. The largest absolute Gasteiger partial charge is 0.469 e. The minimum atomic E-state index is -0.831. The highest BCUT2D eigenvalue weighted by Crippen LogP contribution is 2.31. The number of amides is 3. The highest BCUT2D eigenvalue weighted by molar-refractivity contribution is 7.09. The molecule has 0 saturated carbocycles. The normalized spacial score (nSPS) is 19.3. The van der Waals surface area contributed by atoms with Gasteiger partial charge in [0.2, 0.25) is 11.8 Å². The van der Waals surface area contributed by atoms with Crippen molar-refractivity contribution in [1.82, 2.24) is 25.4 Å². The summed E-state index contributed by atoms with van der Waals surface area (Å²) in [5, 5.41) is 8.14. The Bertz CT molecular complexity index is 1520. The lowest BCUT2D eigenvalue weighted by molar-refractivity contribution is -0.151. The van der Waals surface area contributed by atoms with Gasteiger partial charge >= 0.3 is 11.9 Å². The molecule has 3 amide bonds. The molecule has 52 heavy (non-hydrogen) atoms. The topological polar surface area (TPSA) is 156 Å². The van der Waals surface area contributed by atoms with Gasteiger partial charge in [0.1, 0.15) is 16.7 Å². The molecule has 6 atom stereocenters. The maximum atomic E-state index is 14.2. The van der Waals surface area contributed by atoms with Crippen molar-refractivity contribution in [3.8, 4) is 0 Å². The first-order valence-electron chi connectivity index (χ1n) is 18.2. The Morgan fingerprint density at radius 2 is 1.77 bits per heavy atom. The van der Waals surface area contributed by atoms with E-state index < -0.39 is 36.0 Å². The predicted molar refractivity (Wildman–Crippen MR) is 196 cm³/mol. The van der Waals surface area contributed by atoms with Crippen LogP contribution in [0.3, 0.4) is 0 Å². The fourth-order valence-electron chi connectivity index (χ4n) is 6.98. The van der Waals surface area contributed by atoms with Crippen LogP contribution in [0.4, 0.5) is 0 Å². The lowest BCUT2D eigenvalue weighted by Crippen LogP contribution is -2.61. The lowest BCUT2D eigenvalue weighted by atomic mass is 9.92. The van der Waals surface area contributed by atoms with E-state index in [1.165, 1.54) is 25.4 Å². The number of aromatic nitrogens is 1. The molecule has 2 N–H and O–H groups in total. The summed E-state index contributed by atoms with van der Waals surface area (Å²) in [6, 6.07) is 7.87. The predicted octanol–water partition coefficient (Wildman–Crippen LogP) is 3.78. The quantitative estimate of drug-likeness (QED) is 0.229. The van der Waals surface area contributed by atoms with Gasteiger partial charge in [0.25, 0.3) is 5.91 Å². The van der Waals surface area contributed by atoms with Crippen molar-refractivity contribution in [2.24, 2.45) is 17.8 Å². The number of nitrogens with one attached hydrogen (secondary N) is 2. The molecule has 286 valence electrons. The molecular weight excluding hydrogens is 687 g/mol. The van der Waals surface area contributed by atoms with E-state index in [0.717, 1.165) is 31.4 Å². The van der Waals surface area contributed by atoms with Crippen LogP contribution >= 0.6 is 11.3 Å². The van der Waals surface area contributed by atoms with Gasteiger partial charge in [-0.15, -0.1) is 11.3 Å². The van der Waals surface area contributed by atoms with E-state index in [4.69, 9.17) is 14.2 Å². The number of piperidine rings is 1. The van der Waals surface area contributed by atoms with Crippen molar-refractivity contribution < 1.29 is 38.2 Å². The summed E-state index contributed by atoms with van der Waals surface area (Å²) >= 11 is 1.20. The van der Waals surface area contributed by atoms with E-state index in [-0.39, 0.29) is 53.8 Å². The number of hydrogen-bond donors (Lipinski definition) is 2. The number of benzene rings is 1. The third-order valence-corrected chi connectivity index (χ3v) is 11.0. The van der Waals surface area contributed by atoms with Crippen LogP contribution in [0.15, 0.2) is 35.7 Å². The molecule has 1 aromatic heterocycles. The van der Waals surface area contributed by atoms with Gasteiger partial charge in [-0.05, 0) is 50.8 Å². The van der Waals surface area contributed by atoms with Crippen LogP contribution in [0.25, 0.3) is 0 Å². The average Bonchev–Trinajstić information content (AvgIpc) is 3.59. The number of likely N-dealkylation sites (N-methyl/N-ethyl adjacent to an activating group) is 2. The molecule has 4 rings (SSSR count). The molecule has 0 radical (unpaired) electrons. The van der Waals surface area contributed by atoms with Crippen LogP contribution in [-0.2, 0) is 39.8 Å². The summed E-state index contributed by atoms with van der Waals surface area (Å²) in [7, 11) is 4.99. The third-order valence-electron chi connectivity index (χ3n) is 10.1. The van der Waals surface area contributed by atoms with Gasteiger partial charge in [0.15, 0.2) is 6.10 Å². The number of carbonyl (C=O) groups is 5. The van der Waals surface area contributed by atoms with Gasteiger partial charge in [-0.3, -0.25) is 28.9 Å². The van der Waals surface area contributed by atoms with Crippen molar-refractivity contribution in [1.29, 1.82) is 0 Å². The number of hydrogen-bond acceptors (Lipinski definition) is 11. The van der Waals surface area contributed by atoms with Crippen LogP contribution in [0.5, 0.6) is 0 Å². The zero-order chi connectivity index (χ0) is 37.9. The highest BCUT2D eigenvalue weighted by atomic mass is 32.1. The second-order valence-electron chi connectivity index (χ2n) is 14.5. The number of thiazole rings is 1. The standard InChI is InChI=1S/C38H55N5O8S/c1-23(2)31(43(6)37(47)33(27-20-50-21-27)41-35(46)30-15-11-12-16-42(30)5)19-32(51-25(4)44)36-40-29(22-52-36)34(45)39-28(17-24(3)38(48)49-7)18-26-13-9-8-10-14-26/h8-10,13-14,22-24,27-28,30-33H,11-12,15-21H2,1-7H3,(H,39,45)(H,41,46)/t24-,28+,30+,31+,32+,33-/m0/s1. The third kappa shape index (κ3) is 11.1. The summed E-state index contributed by atoms with van der Waals surface area (Å²) < 4.78 is 16.1. The Kier molecular flexibility index (Phi) is 15.2. The molecule has 2 aromatic rings. The van der Waals surface area contributed by atoms with Crippen LogP contribution in [-0.4, -0.2) is 110 Å². The van der Waals surface area contributed by atoms with Gasteiger partial charge in [-0.25, -0.2) is 4.98 Å². The minimum absolute atomic E-state index is 0.0521. The first-order valence-corrected chi connectivity index (χ1v) is 19.1. The van der Waals surface area contributed by atoms with Crippen LogP contribution in [0.2, 0.25) is 0 Å². The Hall–Kier alpha value is -3.88. The summed E-state index contributed by atoms with van der Waals surface area (Å²) in [4.78, 5) is 74.0. The fraction of sp³-hybridized carbons (Fsp3) is 0.632. The second kappa shape index (κ2) is 19.3. The van der Waals surface area contributed by atoms with E-state index in [9.17, 15) is 24.0 Å². The second-order valence-corrected chi connectivity index (χ2v) is 15.4. The zero-order valence-electron chi connectivity index (χ0n) is 31.5. The highest BCUT2D eigenvalue weighted by Gasteiger charge is 2.41. The maximum absolute atomic E-state index is 14.2. The van der Waals surface area contributed by atoms with Crippen LogP contribution in [0.1, 0.15) is 87.0 Å². The van der Waals surface area contributed by atoms with E-state index >= 15 is 0 Å². The molecule has 0 aliphatic carbocycles. The Labute approximate surface area is 311 Å². The first-order chi connectivity index (χ1) is 24.8. The Morgan fingerprint density at radius 3 is 2.37 bits per heavy atom. The molecule has 1 aromatic carbocycles. The molecule has 0 unspecified atom stereocenters. The number of ether oxygens (including phenoxy) is 3. The summed E-state index contributed by atoms with van der Waals surface area (Å²) in [5.41, 5.74) is 1.16. The van der Waals surface area contributed by atoms with Gasteiger partial charge in [0.05, 0.1) is 32.3 Å². The average molecular weight is 742 g/mol. The fourth-order valence-corrected chi connectivity index (χ4v) is 7.82.